The van der Waals surface area contributed by atoms with Crippen molar-refractivity contribution in [3.8, 4) is 5.75 Å². The molecule has 4 rings (SSSR count). The maximum Gasteiger partial charge on any atom is 0.260 e. The van der Waals surface area contributed by atoms with Crippen molar-refractivity contribution in [2.75, 3.05) is 56.7 Å². The number of aromatic nitrogens is 1. The highest BCUT2D eigenvalue weighted by Gasteiger charge is 2.22. The largest absolute Gasteiger partial charge is 0.484 e. The minimum absolute atomic E-state index is 0.00467. The molecule has 0 atom stereocenters. The molecular weight excluding hydrogens is 478 g/mol. The molecule has 0 unspecified atom stereocenters. The van der Waals surface area contributed by atoms with Crippen LogP contribution in [0.1, 0.15) is 24.6 Å². The van der Waals surface area contributed by atoms with Crippen LogP contribution in [0.4, 0.5) is 11.4 Å². The van der Waals surface area contributed by atoms with Gasteiger partial charge in [0.25, 0.3) is 5.91 Å². The van der Waals surface area contributed by atoms with E-state index in [9.17, 15) is 9.59 Å². The van der Waals surface area contributed by atoms with Gasteiger partial charge in [0, 0.05) is 83.9 Å². The minimum Gasteiger partial charge on any atom is -0.484 e. The number of pyridine rings is 1. The van der Waals surface area contributed by atoms with Crippen molar-refractivity contribution >= 4 is 23.2 Å². The summed E-state index contributed by atoms with van der Waals surface area (Å²) in [5.74, 6) is 0.554. The molecule has 0 radical (unpaired) electrons. The zero-order valence-electron chi connectivity index (χ0n) is 22.5. The average molecular weight is 516 g/mol. The number of hydrogen-bond donors (Lipinski definition) is 0. The third-order valence-corrected chi connectivity index (χ3v) is 6.73. The second kappa shape index (κ2) is 13.1. The molecule has 0 bridgehead atoms. The summed E-state index contributed by atoms with van der Waals surface area (Å²) in [6.45, 7) is 5.27. The van der Waals surface area contributed by atoms with E-state index in [1.54, 1.807) is 13.1 Å². The molecule has 0 saturated carbocycles. The Kier molecular flexibility index (Phi) is 9.32. The quantitative estimate of drug-likeness (QED) is 0.497. The lowest BCUT2D eigenvalue weighted by Crippen LogP contribution is -2.40. The molecule has 0 saturated heterocycles. The molecular formula is C30H37N5O3. The number of carbonyl (C=O) groups is 2. The number of ether oxygens (including phenoxy) is 1. The first-order valence-electron chi connectivity index (χ1n) is 13.1. The van der Waals surface area contributed by atoms with Crippen LogP contribution in [0.3, 0.4) is 0 Å². The van der Waals surface area contributed by atoms with Crippen molar-refractivity contribution < 1.29 is 14.3 Å². The van der Waals surface area contributed by atoms with Gasteiger partial charge in [0.05, 0.1) is 5.69 Å². The number of fused-ring (bicyclic) bond motifs is 1. The first-order valence-corrected chi connectivity index (χ1v) is 13.1. The Balaban J connectivity index is 1.56. The normalized spacial score (nSPS) is 14.8. The highest BCUT2D eigenvalue weighted by molar-refractivity contribution is 5.92. The monoisotopic (exact) mass is 515 g/mol. The summed E-state index contributed by atoms with van der Waals surface area (Å²) >= 11 is 0. The second-order valence-electron chi connectivity index (χ2n) is 9.75. The summed E-state index contributed by atoms with van der Waals surface area (Å²) in [6, 6.07) is 21.5. The van der Waals surface area contributed by atoms with Gasteiger partial charge in [0.2, 0.25) is 5.91 Å². The Morgan fingerprint density at radius 1 is 0.947 bits per heavy atom. The predicted molar refractivity (Wildman–Crippen MR) is 150 cm³/mol. The molecule has 2 heterocycles. The third kappa shape index (κ3) is 7.32. The zero-order valence-corrected chi connectivity index (χ0v) is 22.5. The second-order valence-corrected chi connectivity index (χ2v) is 9.75. The third-order valence-electron chi connectivity index (χ3n) is 6.73. The lowest BCUT2D eigenvalue weighted by atomic mass is 10.1. The number of rotatable bonds is 6. The molecule has 2 amide bonds. The maximum atomic E-state index is 13.5. The Morgan fingerprint density at radius 2 is 1.76 bits per heavy atom. The summed E-state index contributed by atoms with van der Waals surface area (Å²) in [7, 11) is 3.94. The van der Waals surface area contributed by atoms with Gasteiger partial charge in [-0.25, -0.2) is 0 Å². The van der Waals surface area contributed by atoms with E-state index in [-0.39, 0.29) is 18.4 Å². The molecule has 1 aliphatic rings. The van der Waals surface area contributed by atoms with Gasteiger partial charge in [-0.3, -0.25) is 19.5 Å². The summed E-state index contributed by atoms with van der Waals surface area (Å²) in [5.41, 5.74) is 3.80. The van der Waals surface area contributed by atoms with Gasteiger partial charge < -0.3 is 19.4 Å². The molecule has 8 nitrogen and oxygen atoms in total. The zero-order chi connectivity index (χ0) is 26.9. The summed E-state index contributed by atoms with van der Waals surface area (Å²) < 4.78 is 5.93. The Morgan fingerprint density at radius 3 is 2.53 bits per heavy atom. The van der Waals surface area contributed by atoms with Crippen molar-refractivity contribution in [2.45, 2.75) is 26.4 Å². The number of amides is 2. The number of para-hydroxylation sites is 1. The van der Waals surface area contributed by atoms with Gasteiger partial charge in [-0.05, 0) is 42.3 Å². The van der Waals surface area contributed by atoms with E-state index in [0.717, 1.165) is 35.6 Å². The minimum atomic E-state index is -0.0959. The summed E-state index contributed by atoms with van der Waals surface area (Å²) in [4.78, 5) is 38.6. The van der Waals surface area contributed by atoms with Gasteiger partial charge in [-0.15, -0.1) is 0 Å². The van der Waals surface area contributed by atoms with E-state index < -0.39 is 0 Å². The molecule has 3 aromatic rings. The highest BCUT2D eigenvalue weighted by Crippen LogP contribution is 2.24. The van der Waals surface area contributed by atoms with Crippen LogP contribution in [0, 0.1) is 0 Å². The van der Waals surface area contributed by atoms with Crippen LogP contribution in [-0.4, -0.2) is 73.5 Å². The highest BCUT2D eigenvalue weighted by atomic mass is 16.5. The van der Waals surface area contributed by atoms with E-state index in [1.807, 2.05) is 95.5 Å². The molecule has 0 fully saturated rings. The Labute approximate surface area is 225 Å². The van der Waals surface area contributed by atoms with Crippen LogP contribution in [0.2, 0.25) is 0 Å². The van der Waals surface area contributed by atoms with E-state index in [2.05, 4.69) is 9.88 Å². The summed E-state index contributed by atoms with van der Waals surface area (Å²) in [6.07, 6.45) is 2.62. The Bertz CT molecular complexity index is 1220. The maximum absolute atomic E-state index is 13.5. The molecule has 1 aliphatic heterocycles. The van der Waals surface area contributed by atoms with E-state index >= 15 is 0 Å². The number of benzene rings is 2. The molecule has 0 aliphatic carbocycles. The van der Waals surface area contributed by atoms with Crippen LogP contribution in [-0.2, 0) is 22.7 Å². The first kappa shape index (κ1) is 27.1. The van der Waals surface area contributed by atoms with Crippen molar-refractivity contribution in [1.29, 1.82) is 0 Å². The molecule has 1 aromatic heterocycles. The topological polar surface area (TPSA) is 69.2 Å². The fourth-order valence-electron chi connectivity index (χ4n) is 4.65. The van der Waals surface area contributed by atoms with Gasteiger partial charge in [0.15, 0.2) is 6.61 Å². The fraction of sp³-hybridized carbons (Fsp3) is 0.367. The molecule has 8 heteroatoms. The van der Waals surface area contributed by atoms with Gasteiger partial charge in [-0.2, -0.15) is 0 Å². The molecule has 0 N–H and O–H groups in total. The number of anilines is 2. The van der Waals surface area contributed by atoms with Gasteiger partial charge in [0.1, 0.15) is 5.75 Å². The smallest absolute Gasteiger partial charge is 0.260 e. The lowest BCUT2D eigenvalue weighted by molar-refractivity contribution is -0.134. The van der Waals surface area contributed by atoms with E-state index in [1.165, 1.54) is 0 Å². The molecule has 0 spiro atoms. The molecule has 38 heavy (non-hydrogen) atoms. The molecule has 2 aromatic carbocycles. The lowest BCUT2D eigenvalue weighted by Gasteiger charge is -2.28. The van der Waals surface area contributed by atoms with Crippen LogP contribution >= 0.6 is 0 Å². The van der Waals surface area contributed by atoms with Crippen molar-refractivity contribution in [3.63, 3.8) is 0 Å². The summed E-state index contributed by atoms with van der Waals surface area (Å²) in [5, 5.41) is 0. The number of carbonyl (C=O) groups excluding carboxylic acids is 2. The van der Waals surface area contributed by atoms with Gasteiger partial charge >= 0.3 is 0 Å². The van der Waals surface area contributed by atoms with Crippen molar-refractivity contribution in [2.24, 2.45) is 0 Å². The van der Waals surface area contributed by atoms with Crippen LogP contribution < -0.4 is 14.5 Å². The van der Waals surface area contributed by atoms with Crippen molar-refractivity contribution in [1.82, 2.24) is 14.8 Å². The van der Waals surface area contributed by atoms with Gasteiger partial charge in [-0.1, -0.05) is 30.3 Å². The van der Waals surface area contributed by atoms with E-state index in [4.69, 9.17) is 4.74 Å². The number of hydrogen-bond acceptors (Lipinski definition) is 6. The van der Waals surface area contributed by atoms with Crippen molar-refractivity contribution in [3.05, 3.63) is 84.2 Å². The fourth-order valence-corrected chi connectivity index (χ4v) is 4.65. The van der Waals surface area contributed by atoms with Crippen LogP contribution in [0.25, 0.3) is 0 Å². The Hall–Kier alpha value is -3.91. The molecule has 200 valence electrons. The van der Waals surface area contributed by atoms with Crippen LogP contribution in [0.15, 0.2) is 72.9 Å². The predicted octanol–water partition coefficient (Wildman–Crippen LogP) is 3.81. The SMILES string of the molecule is CC(=O)N1CCCN(Cc2ccccn2)CCN(C(=O)COc2cccc(N(C)C)c2)Cc2ccccc21. The van der Waals surface area contributed by atoms with Crippen LogP contribution in [0.5, 0.6) is 5.75 Å². The van der Waals surface area contributed by atoms with E-state index in [0.29, 0.717) is 38.5 Å². The standard InChI is InChI=1S/C30H37N5O3/c1-24(36)35-17-9-16-33(22-26-11-6-7-15-31-26)18-19-34(21-25-10-4-5-14-29(25)35)30(37)23-38-28-13-8-12-27(20-28)32(2)3/h4-8,10-15,20H,9,16-19,21-23H2,1-3H3. The first-order chi connectivity index (χ1) is 18.4. The average Bonchev–Trinajstić information content (AvgIpc) is 2.95. The number of nitrogens with zero attached hydrogens (tertiary/aromatic N) is 5.